The van der Waals surface area contributed by atoms with Crippen molar-refractivity contribution in [1.82, 2.24) is 20.2 Å². The molecule has 4 rings (SSSR count). The number of halogens is 1. The molecule has 7 nitrogen and oxygen atoms in total. The Morgan fingerprint density at radius 3 is 2.82 bits per heavy atom. The van der Waals surface area contributed by atoms with Gasteiger partial charge < -0.3 is 25.3 Å². The molecule has 3 N–H and O–H groups in total. The van der Waals surface area contributed by atoms with Crippen molar-refractivity contribution in [2.75, 3.05) is 32.1 Å². The maximum absolute atomic E-state index is 12.9. The third-order valence-corrected chi connectivity index (χ3v) is 6.38. The molecule has 0 fully saturated rings. The summed E-state index contributed by atoms with van der Waals surface area (Å²) in [4.78, 5) is 17.5. The maximum atomic E-state index is 12.9. The number of imidazole rings is 1. The molecule has 0 unspecified atom stereocenters. The van der Waals surface area contributed by atoms with Crippen molar-refractivity contribution in [2.45, 2.75) is 32.4 Å². The zero-order chi connectivity index (χ0) is 23.2. The lowest BCUT2D eigenvalue weighted by Gasteiger charge is -2.18. The minimum atomic E-state index is -0.134. The summed E-state index contributed by atoms with van der Waals surface area (Å²) in [6, 6.07) is 14.8. The van der Waals surface area contributed by atoms with Crippen LogP contribution in [0.2, 0.25) is 0 Å². The van der Waals surface area contributed by atoms with Crippen LogP contribution in [-0.4, -0.2) is 48.2 Å². The second-order valence-corrected chi connectivity index (χ2v) is 9.00. The number of likely N-dealkylation sites (N-methyl/N-ethyl adjacent to an activating group) is 1. The SMILES string of the molecule is CCNC(=O)c1c(NC[C@@H](Cc2ccccc2)NC)ncn1Cc1cc(Br)c2c(c1)CCO2. The van der Waals surface area contributed by atoms with E-state index < -0.39 is 0 Å². The molecule has 0 radical (unpaired) electrons. The monoisotopic (exact) mass is 511 g/mol. The van der Waals surface area contributed by atoms with Gasteiger partial charge in [0.05, 0.1) is 17.4 Å². The molecule has 8 heteroatoms. The highest BCUT2D eigenvalue weighted by atomic mass is 79.9. The second-order valence-electron chi connectivity index (χ2n) is 8.15. The first-order chi connectivity index (χ1) is 16.1. The van der Waals surface area contributed by atoms with Gasteiger partial charge in [-0.05, 0) is 59.1 Å². The van der Waals surface area contributed by atoms with E-state index in [1.165, 1.54) is 11.1 Å². The van der Waals surface area contributed by atoms with E-state index in [-0.39, 0.29) is 11.9 Å². The third-order valence-electron chi connectivity index (χ3n) is 5.79. The summed E-state index contributed by atoms with van der Waals surface area (Å²) in [5.41, 5.74) is 4.09. The number of carbonyl (C=O) groups is 1. The number of anilines is 1. The van der Waals surface area contributed by atoms with Crippen molar-refractivity contribution >= 4 is 27.7 Å². The third kappa shape index (κ3) is 5.57. The summed E-state index contributed by atoms with van der Waals surface area (Å²) in [5.74, 6) is 1.38. The molecule has 33 heavy (non-hydrogen) atoms. The van der Waals surface area contributed by atoms with Crippen molar-refractivity contribution in [3.05, 3.63) is 75.6 Å². The molecule has 2 heterocycles. The summed E-state index contributed by atoms with van der Waals surface area (Å²) in [6.07, 6.45) is 3.51. The van der Waals surface area contributed by atoms with Gasteiger partial charge in [0.2, 0.25) is 0 Å². The molecule has 0 spiro atoms. The van der Waals surface area contributed by atoms with Crippen LogP contribution in [0.25, 0.3) is 0 Å². The molecule has 1 atom stereocenters. The number of ether oxygens (including phenoxy) is 1. The summed E-state index contributed by atoms with van der Waals surface area (Å²) >= 11 is 3.62. The molecule has 1 aliphatic heterocycles. The summed E-state index contributed by atoms with van der Waals surface area (Å²) in [5, 5.41) is 9.68. The van der Waals surface area contributed by atoms with Gasteiger partial charge in [0.25, 0.3) is 5.91 Å². The Morgan fingerprint density at radius 2 is 2.06 bits per heavy atom. The van der Waals surface area contributed by atoms with Crippen LogP contribution in [0.5, 0.6) is 5.75 Å². The van der Waals surface area contributed by atoms with Crippen molar-refractivity contribution in [1.29, 1.82) is 0 Å². The van der Waals surface area contributed by atoms with E-state index in [2.05, 4.69) is 61.1 Å². The normalized spacial score (nSPS) is 13.3. The molecule has 1 amide bonds. The van der Waals surface area contributed by atoms with Crippen LogP contribution in [0.4, 0.5) is 5.82 Å². The molecule has 0 aliphatic carbocycles. The highest BCUT2D eigenvalue weighted by Crippen LogP contribution is 2.35. The number of benzene rings is 2. The molecule has 174 valence electrons. The lowest BCUT2D eigenvalue weighted by atomic mass is 10.1. The predicted molar refractivity (Wildman–Crippen MR) is 134 cm³/mol. The van der Waals surface area contributed by atoms with Gasteiger partial charge in [-0.25, -0.2) is 4.98 Å². The molecular formula is C25H30BrN5O2. The molecular weight excluding hydrogens is 482 g/mol. The van der Waals surface area contributed by atoms with E-state index in [0.717, 1.165) is 28.6 Å². The minimum Gasteiger partial charge on any atom is -0.492 e. The smallest absolute Gasteiger partial charge is 0.271 e. The van der Waals surface area contributed by atoms with Crippen molar-refractivity contribution in [2.24, 2.45) is 0 Å². The van der Waals surface area contributed by atoms with Gasteiger partial charge in [-0.1, -0.05) is 36.4 Å². The topological polar surface area (TPSA) is 80.2 Å². The number of carbonyl (C=O) groups excluding carboxylic acids is 1. The second kappa shape index (κ2) is 10.9. The molecule has 0 bridgehead atoms. The van der Waals surface area contributed by atoms with Crippen molar-refractivity contribution in [3.8, 4) is 5.75 Å². The molecule has 0 saturated carbocycles. The minimum absolute atomic E-state index is 0.134. The number of aromatic nitrogens is 2. The van der Waals surface area contributed by atoms with Crippen molar-refractivity contribution in [3.63, 3.8) is 0 Å². The quantitative estimate of drug-likeness (QED) is 0.387. The van der Waals surface area contributed by atoms with Crippen LogP contribution < -0.4 is 20.7 Å². The largest absolute Gasteiger partial charge is 0.492 e. The van der Waals surface area contributed by atoms with E-state index in [1.807, 2.05) is 36.7 Å². The first kappa shape index (κ1) is 23.3. The van der Waals surface area contributed by atoms with Gasteiger partial charge in [0.1, 0.15) is 5.75 Å². The Labute approximate surface area is 203 Å². The first-order valence-corrected chi connectivity index (χ1v) is 12.1. The van der Waals surface area contributed by atoms with Crippen LogP contribution in [0.3, 0.4) is 0 Å². The molecule has 0 saturated heterocycles. The number of rotatable bonds is 10. The Hall–Kier alpha value is -2.84. The van der Waals surface area contributed by atoms with Gasteiger partial charge in [-0.3, -0.25) is 4.79 Å². The fraction of sp³-hybridized carbons (Fsp3) is 0.360. The van der Waals surface area contributed by atoms with Gasteiger partial charge in [0.15, 0.2) is 11.5 Å². The van der Waals surface area contributed by atoms with Crippen LogP contribution in [-0.2, 0) is 19.4 Å². The van der Waals surface area contributed by atoms with Crippen LogP contribution >= 0.6 is 15.9 Å². The first-order valence-electron chi connectivity index (χ1n) is 11.3. The van der Waals surface area contributed by atoms with E-state index in [4.69, 9.17) is 4.74 Å². The van der Waals surface area contributed by atoms with E-state index in [1.54, 1.807) is 6.33 Å². The fourth-order valence-corrected chi connectivity index (χ4v) is 4.78. The lowest BCUT2D eigenvalue weighted by molar-refractivity contribution is 0.0948. The number of nitrogens with zero attached hydrogens (tertiary/aromatic N) is 2. The highest BCUT2D eigenvalue weighted by molar-refractivity contribution is 9.10. The van der Waals surface area contributed by atoms with E-state index in [0.29, 0.717) is 37.8 Å². The Kier molecular flexibility index (Phi) is 7.67. The standard InChI is InChI=1S/C25H30BrN5O2/c1-3-28-25(32)22-24(29-14-20(27-2)12-17-7-5-4-6-8-17)30-16-31(22)15-18-11-19-9-10-33-23(19)21(26)13-18/h4-8,11,13,16,20,27,29H,3,9-10,12,14-15H2,1-2H3,(H,28,32)/t20-/m1/s1. The Balaban J connectivity index is 1.52. The maximum Gasteiger partial charge on any atom is 0.271 e. The zero-order valence-corrected chi connectivity index (χ0v) is 20.6. The number of nitrogens with one attached hydrogen (secondary N) is 3. The number of amides is 1. The van der Waals surface area contributed by atoms with Gasteiger partial charge in [0, 0.05) is 32.1 Å². The molecule has 2 aromatic carbocycles. The lowest BCUT2D eigenvalue weighted by Crippen LogP contribution is -2.35. The molecule has 1 aliphatic rings. The average Bonchev–Trinajstić information content (AvgIpc) is 3.45. The Bertz CT molecular complexity index is 1100. The zero-order valence-electron chi connectivity index (χ0n) is 19.0. The number of hydrogen-bond donors (Lipinski definition) is 3. The van der Waals surface area contributed by atoms with Crippen LogP contribution in [0.1, 0.15) is 34.1 Å². The highest BCUT2D eigenvalue weighted by Gasteiger charge is 2.21. The van der Waals surface area contributed by atoms with Gasteiger partial charge >= 0.3 is 0 Å². The number of fused-ring (bicyclic) bond motifs is 1. The summed E-state index contributed by atoms with van der Waals surface area (Å²) in [6.45, 7) is 4.37. The molecule has 1 aromatic heterocycles. The van der Waals surface area contributed by atoms with E-state index in [9.17, 15) is 4.79 Å². The fourth-order valence-electron chi connectivity index (χ4n) is 4.12. The summed E-state index contributed by atoms with van der Waals surface area (Å²) < 4.78 is 8.55. The van der Waals surface area contributed by atoms with Gasteiger partial charge in [-0.2, -0.15) is 0 Å². The van der Waals surface area contributed by atoms with Crippen LogP contribution in [0.15, 0.2) is 53.3 Å². The van der Waals surface area contributed by atoms with Gasteiger partial charge in [-0.15, -0.1) is 0 Å². The summed E-state index contributed by atoms with van der Waals surface area (Å²) in [7, 11) is 1.95. The number of hydrogen-bond acceptors (Lipinski definition) is 5. The molecule has 3 aromatic rings. The average molecular weight is 512 g/mol. The van der Waals surface area contributed by atoms with Crippen LogP contribution in [0, 0.1) is 0 Å². The predicted octanol–water partition coefficient (Wildman–Crippen LogP) is 3.62. The van der Waals surface area contributed by atoms with E-state index >= 15 is 0 Å². The Morgan fingerprint density at radius 1 is 1.24 bits per heavy atom. The van der Waals surface area contributed by atoms with Crippen molar-refractivity contribution < 1.29 is 9.53 Å².